The molecular formula is C8H17O2S. The van der Waals surface area contributed by atoms with Gasteiger partial charge in [-0.2, -0.15) is 0 Å². The second-order valence-corrected chi connectivity index (χ2v) is 5.33. The predicted octanol–water partition coefficient (Wildman–Crippen LogP) is 1.81. The minimum Gasteiger partial charge on any atom is -0.229 e. The van der Waals surface area contributed by atoms with Gasteiger partial charge in [0, 0.05) is 0 Å². The smallest absolute Gasteiger partial charge is 0.152 e. The summed E-state index contributed by atoms with van der Waals surface area (Å²) in [6.07, 6.45) is 2.10. The maximum absolute atomic E-state index is 11.3. The molecule has 67 valence electrons. The minimum atomic E-state index is -2.81. The lowest BCUT2D eigenvalue weighted by molar-refractivity contribution is 0.578. The summed E-state index contributed by atoms with van der Waals surface area (Å²) in [7, 11) is -2.81. The van der Waals surface area contributed by atoms with Crippen molar-refractivity contribution >= 4 is 9.84 Å². The summed E-state index contributed by atoms with van der Waals surface area (Å²) >= 11 is 0. The molecule has 0 bridgehead atoms. The molecule has 11 heavy (non-hydrogen) atoms. The zero-order valence-corrected chi connectivity index (χ0v) is 8.15. The first-order chi connectivity index (χ1) is 5.04. The van der Waals surface area contributed by atoms with Gasteiger partial charge in [-0.1, -0.05) is 20.3 Å². The van der Waals surface area contributed by atoms with Crippen molar-refractivity contribution in [3.05, 3.63) is 6.92 Å². The van der Waals surface area contributed by atoms with Gasteiger partial charge in [-0.15, -0.1) is 0 Å². The highest BCUT2D eigenvalue weighted by molar-refractivity contribution is 7.91. The van der Waals surface area contributed by atoms with Gasteiger partial charge in [0.25, 0.3) is 0 Å². The Morgan fingerprint density at radius 3 is 2.36 bits per heavy atom. The average Bonchev–Trinajstić information content (AvgIpc) is 1.99. The van der Waals surface area contributed by atoms with Crippen LogP contribution in [0.1, 0.15) is 33.1 Å². The molecule has 0 aromatic rings. The molecule has 1 atom stereocenters. The van der Waals surface area contributed by atoms with E-state index in [4.69, 9.17) is 0 Å². The lowest BCUT2D eigenvalue weighted by Crippen LogP contribution is -2.19. The molecule has 0 saturated carbocycles. The molecule has 0 rings (SSSR count). The van der Waals surface area contributed by atoms with Crippen LogP contribution in [0.25, 0.3) is 0 Å². The van der Waals surface area contributed by atoms with Gasteiger partial charge in [0.05, 0.1) is 11.0 Å². The average molecular weight is 177 g/mol. The largest absolute Gasteiger partial charge is 0.229 e. The van der Waals surface area contributed by atoms with Crippen molar-refractivity contribution < 1.29 is 8.42 Å². The molecule has 2 nitrogen and oxygen atoms in total. The monoisotopic (exact) mass is 177 g/mol. The molecule has 0 aromatic carbocycles. The van der Waals surface area contributed by atoms with E-state index in [9.17, 15) is 8.42 Å². The van der Waals surface area contributed by atoms with Crippen LogP contribution < -0.4 is 0 Å². The summed E-state index contributed by atoms with van der Waals surface area (Å²) in [5.74, 6) is 0.297. The number of rotatable bonds is 5. The number of hydrogen-bond acceptors (Lipinski definition) is 2. The second-order valence-electron chi connectivity index (χ2n) is 2.79. The zero-order chi connectivity index (χ0) is 8.91. The van der Waals surface area contributed by atoms with Crippen LogP contribution in [0, 0.1) is 6.92 Å². The Labute approximate surface area is 69.9 Å². The molecule has 0 fully saturated rings. The van der Waals surface area contributed by atoms with Crippen molar-refractivity contribution in [1.82, 2.24) is 0 Å². The Morgan fingerprint density at radius 2 is 2.00 bits per heavy atom. The summed E-state index contributed by atoms with van der Waals surface area (Å²) in [4.78, 5) is 0. The van der Waals surface area contributed by atoms with Gasteiger partial charge >= 0.3 is 0 Å². The molecule has 0 aromatic heterocycles. The van der Waals surface area contributed by atoms with Crippen molar-refractivity contribution in [2.24, 2.45) is 0 Å². The third kappa shape index (κ3) is 3.75. The summed E-state index contributed by atoms with van der Waals surface area (Å²) in [6, 6.07) is 0. The molecule has 0 aliphatic carbocycles. The van der Waals surface area contributed by atoms with Crippen LogP contribution in [-0.4, -0.2) is 19.4 Å². The number of sulfone groups is 1. The summed E-state index contributed by atoms with van der Waals surface area (Å²) in [5, 5.41) is -0.186. The van der Waals surface area contributed by atoms with Crippen molar-refractivity contribution in [2.45, 2.75) is 38.4 Å². The minimum absolute atomic E-state index is 0.186. The van der Waals surface area contributed by atoms with Gasteiger partial charge in [0.1, 0.15) is 0 Å². The van der Waals surface area contributed by atoms with E-state index in [0.717, 1.165) is 0 Å². The van der Waals surface area contributed by atoms with Crippen LogP contribution in [0.15, 0.2) is 0 Å². The first kappa shape index (κ1) is 11.0. The van der Waals surface area contributed by atoms with Gasteiger partial charge in [-0.25, -0.2) is 8.42 Å². The van der Waals surface area contributed by atoms with E-state index in [-0.39, 0.29) is 5.25 Å². The van der Waals surface area contributed by atoms with Crippen LogP contribution in [0.3, 0.4) is 0 Å². The van der Waals surface area contributed by atoms with Crippen molar-refractivity contribution in [3.8, 4) is 0 Å². The van der Waals surface area contributed by atoms with E-state index in [1.54, 1.807) is 6.92 Å². The Kier molecular flexibility index (Phi) is 4.73. The summed E-state index contributed by atoms with van der Waals surface area (Å²) in [5.41, 5.74) is 0. The third-order valence-corrected chi connectivity index (χ3v) is 4.28. The summed E-state index contributed by atoms with van der Waals surface area (Å²) in [6.45, 7) is 7.27. The van der Waals surface area contributed by atoms with E-state index < -0.39 is 9.84 Å². The van der Waals surface area contributed by atoms with Gasteiger partial charge in [0.15, 0.2) is 9.84 Å². The molecule has 0 aliphatic rings. The molecular weight excluding hydrogens is 160 g/mol. The molecule has 3 heteroatoms. The SMILES string of the molecule is [CH2]CCCS(=O)(=O)C(C)CC. The van der Waals surface area contributed by atoms with E-state index in [2.05, 4.69) is 6.92 Å². The fraction of sp³-hybridized carbons (Fsp3) is 0.875. The molecule has 0 aliphatic heterocycles. The molecule has 0 amide bonds. The molecule has 0 heterocycles. The topological polar surface area (TPSA) is 34.1 Å². The van der Waals surface area contributed by atoms with E-state index >= 15 is 0 Å². The standard InChI is InChI=1S/C8H17O2S/c1-4-6-7-11(9,10)8(3)5-2/h8H,1,4-7H2,2-3H3. The van der Waals surface area contributed by atoms with Crippen LogP contribution in [0.5, 0.6) is 0 Å². The molecule has 1 radical (unpaired) electrons. The molecule has 1 unspecified atom stereocenters. The highest BCUT2D eigenvalue weighted by atomic mass is 32.2. The van der Waals surface area contributed by atoms with E-state index in [0.29, 0.717) is 25.0 Å². The molecule has 0 N–H and O–H groups in total. The van der Waals surface area contributed by atoms with Gasteiger partial charge in [0.2, 0.25) is 0 Å². The number of hydrogen-bond donors (Lipinski definition) is 0. The molecule has 0 saturated heterocycles. The quantitative estimate of drug-likeness (QED) is 0.642. The molecule has 0 spiro atoms. The first-order valence-electron chi connectivity index (χ1n) is 4.05. The predicted molar refractivity (Wildman–Crippen MR) is 48.1 cm³/mol. The van der Waals surface area contributed by atoms with Crippen molar-refractivity contribution in [1.29, 1.82) is 0 Å². The Balaban J connectivity index is 4.01. The first-order valence-corrected chi connectivity index (χ1v) is 5.77. The van der Waals surface area contributed by atoms with Crippen LogP contribution >= 0.6 is 0 Å². The van der Waals surface area contributed by atoms with Gasteiger partial charge < -0.3 is 0 Å². The van der Waals surface area contributed by atoms with Crippen molar-refractivity contribution in [3.63, 3.8) is 0 Å². The Bertz CT molecular complexity index is 182. The zero-order valence-electron chi connectivity index (χ0n) is 7.34. The lowest BCUT2D eigenvalue weighted by Gasteiger charge is -2.08. The maximum atomic E-state index is 11.3. The fourth-order valence-corrected chi connectivity index (χ4v) is 2.28. The van der Waals surface area contributed by atoms with E-state index in [1.165, 1.54) is 0 Å². The number of unbranched alkanes of at least 4 members (excludes halogenated alkanes) is 1. The highest BCUT2D eigenvalue weighted by Gasteiger charge is 2.17. The van der Waals surface area contributed by atoms with Gasteiger partial charge in [-0.05, 0) is 19.8 Å². The van der Waals surface area contributed by atoms with Gasteiger partial charge in [-0.3, -0.25) is 0 Å². The maximum Gasteiger partial charge on any atom is 0.152 e. The lowest BCUT2D eigenvalue weighted by atomic mass is 10.4. The van der Waals surface area contributed by atoms with Crippen molar-refractivity contribution in [2.75, 3.05) is 5.75 Å². The second kappa shape index (κ2) is 4.75. The Morgan fingerprint density at radius 1 is 1.45 bits per heavy atom. The normalized spacial score (nSPS) is 14.8. The van der Waals surface area contributed by atoms with Crippen LogP contribution in [-0.2, 0) is 9.84 Å². The fourth-order valence-electron chi connectivity index (χ4n) is 0.758. The highest BCUT2D eigenvalue weighted by Crippen LogP contribution is 2.07. The Hall–Kier alpha value is -0.0500. The summed E-state index contributed by atoms with van der Waals surface area (Å²) < 4.78 is 22.6. The van der Waals surface area contributed by atoms with E-state index in [1.807, 2.05) is 6.92 Å². The third-order valence-electron chi connectivity index (χ3n) is 1.87. The van der Waals surface area contributed by atoms with Crippen LogP contribution in [0.2, 0.25) is 0 Å². The van der Waals surface area contributed by atoms with Crippen LogP contribution in [0.4, 0.5) is 0 Å².